The summed E-state index contributed by atoms with van der Waals surface area (Å²) in [6.07, 6.45) is 1.70. The Bertz CT molecular complexity index is 537. The predicted octanol–water partition coefficient (Wildman–Crippen LogP) is 2.81. The molecule has 0 fully saturated rings. The van der Waals surface area contributed by atoms with Crippen LogP contribution in [0, 0.1) is 13.8 Å². The summed E-state index contributed by atoms with van der Waals surface area (Å²) in [6, 6.07) is 5.87. The fraction of sp³-hybridized carbons (Fsp3) is 0.231. The highest BCUT2D eigenvalue weighted by molar-refractivity contribution is 7.13. The number of thiazole rings is 1. The highest BCUT2D eigenvalue weighted by Gasteiger charge is 2.06. The minimum absolute atomic E-state index is 0.0705. The molecule has 0 unspecified atom stereocenters. The molecule has 0 radical (unpaired) electrons. The van der Waals surface area contributed by atoms with Crippen LogP contribution in [0.5, 0.6) is 0 Å². The molecule has 1 heterocycles. The van der Waals surface area contributed by atoms with E-state index in [0.717, 1.165) is 16.4 Å². The van der Waals surface area contributed by atoms with Crippen LogP contribution in [-0.2, 0) is 4.79 Å². The van der Waals surface area contributed by atoms with Crippen molar-refractivity contribution in [2.24, 2.45) is 0 Å². The molecule has 5 heteroatoms. The number of benzene rings is 1. The van der Waals surface area contributed by atoms with E-state index in [1.807, 2.05) is 37.4 Å². The van der Waals surface area contributed by atoms with Gasteiger partial charge >= 0.3 is 0 Å². The van der Waals surface area contributed by atoms with Crippen molar-refractivity contribution in [3.05, 3.63) is 40.9 Å². The summed E-state index contributed by atoms with van der Waals surface area (Å²) in [4.78, 5) is 15.8. The van der Waals surface area contributed by atoms with Crippen molar-refractivity contribution in [2.45, 2.75) is 13.8 Å². The lowest BCUT2D eigenvalue weighted by molar-refractivity contribution is -0.114. The topological polar surface area (TPSA) is 54.0 Å². The van der Waals surface area contributed by atoms with Crippen LogP contribution >= 0.6 is 11.3 Å². The van der Waals surface area contributed by atoms with E-state index in [9.17, 15) is 4.79 Å². The Labute approximate surface area is 110 Å². The molecular weight excluding hydrogens is 246 g/mol. The highest BCUT2D eigenvalue weighted by atomic mass is 32.1. The lowest BCUT2D eigenvalue weighted by Gasteiger charge is -2.10. The van der Waals surface area contributed by atoms with Crippen LogP contribution in [0.4, 0.5) is 10.8 Å². The van der Waals surface area contributed by atoms with Gasteiger partial charge in [-0.05, 0) is 31.0 Å². The molecule has 2 N–H and O–H groups in total. The number of anilines is 2. The molecule has 1 aromatic carbocycles. The van der Waals surface area contributed by atoms with Crippen LogP contribution in [-0.4, -0.2) is 17.4 Å². The third-order valence-corrected chi connectivity index (χ3v) is 3.44. The van der Waals surface area contributed by atoms with Crippen LogP contribution in [0.15, 0.2) is 29.8 Å². The minimum atomic E-state index is -0.0705. The van der Waals surface area contributed by atoms with Gasteiger partial charge in [0.1, 0.15) is 0 Å². The molecule has 1 aromatic heterocycles. The van der Waals surface area contributed by atoms with Gasteiger partial charge in [-0.15, -0.1) is 11.3 Å². The van der Waals surface area contributed by atoms with Crippen molar-refractivity contribution in [1.82, 2.24) is 4.98 Å². The maximum Gasteiger partial charge on any atom is 0.243 e. The van der Waals surface area contributed by atoms with E-state index in [1.54, 1.807) is 6.20 Å². The normalized spacial score (nSPS) is 10.1. The van der Waals surface area contributed by atoms with Crippen LogP contribution in [0.1, 0.15) is 11.1 Å². The van der Waals surface area contributed by atoms with Crippen molar-refractivity contribution < 1.29 is 4.79 Å². The Balaban J connectivity index is 1.93. The number of amides is 1. The first-order chi connectivity index (χ1) is 8.66. The van der Waals surface area contributed by atoms with Crippen molar-refractivity contribution in [1.29, 1.82) is 0 Å². The van der Waals surface area contributed by atoms with Crippen LogP contribution in [0.25, 0.3) is 0 Å². The Hall–Kier alpha value is -1.88. The zero-order valence-electron chi connectivity index (χ0n) is 10.4. The van der Waals surface area contributed by atoms with Gasteiger partial charge in [-0.25, -0.2) is 4.98 Å². The van der Waals surface area contributed by atoms with Crippen molar-refractivity contribution in [3.63, 3.8) is 0 Å². The standard InChI is InChI=1S/C13H15N3OS/c1-9-4-3-5-11(10(9)2)16-12(17)8-15-13-14-6-7-18-13/h3-7H,8H2,1-2H3,(H,14,15)(H,16,17). The van der Waals surface area contributed by atoms with E-state index in [0.29, 0.717) is 0 Å². The van der Waals surface area contributed by atoms with Crippen LogP contribution in [0.3, 0.4) is 0 Å². The maximum absolute atomic E-state index is 11.8. The summed E-state index contributed by atoms with van der Waals surface area (Å²) in [5, 5.41) is 8.48. The van der Waals surface area contributed by atoms with Gasteiger partial charge in [-0.1, -0.05) is 12.1 Å². The fourth-order valence-corrected chi connectivity index (χ4v) is 2.08. The molecule has 2 aromatic rings. The van der Waals surface area contributed by atoms with Gasteiger partial charge in [-0.2, -0.15) is 0 Å². The third kappa shape index (κ3) is 3.07. The number of hydrogen-bond donors (Lipinski definition) is 2. The monoisotopic (exact) mass is 261 g/mol. The Morgan fingerprint density at radius 3 is 2.94 bits per heavy atom. The summed E-state index contributed by atoms with van der Waals surface area (Å²) >= 11 is 1.47. The van der Waals surface area contributed by atoms with Gasteiger partial charge in [0.2, 0.25) is 5.91 Å². The Morgan fingerprint density at radius 1 is 1.39 bits per heavy atom. The van der Waals surface area contributed by atoms with Gasteiger partial charge in [0, 0.05) is 17.3 Å². The number of aryl methyl sites for hydroxylation is 1. The zero-order valence-corrected chi connectivity index (χ0v) is 11.2. The SMILES string of the molecule is Cc1cccc(NC(=O)CNc2nccs2)c1C. The number of hydrogen-bond acceptors (Lipinski definition) is 4. The third-order valence-electron chi connectivity index (χ3n) is 2.71. The number of carbonyl (C=O) groups is 1. The lowest BCUT2D eigenvalue weighted by Crippen LogP contribution is -2.22. The van der Waals surface area contributed by atoms with E-state index < -0.39 is 0 Å². The quantitative estimate of drug-likeness (QED) is 0.889. The van der Waals surface area contributed by atoms with E-state index >= 15 is 0 Å². The van der Waals surface area contributed by atoms with Gasteiger partial charge in [0.15, 0.2) is 5.13 Å². The summed E-state index contributed by atoms with van der Waals surface area (Å²) in [6.45, 7) is 4.25. The molecule has 1 amide bonds. The lowest BCUT2D eigenvalue weighted by atomic mass is 10.1. The number of nitrogens with one attached hydrogen (secondary N) is 2. The summed E-state index contributed by atoms with van der Waals surface area (Å²) in [7, 11) is 0. The molecule has 0 aliphatic heterocycles. The highest BCUT2D eigenvalue weighted by Crippen LogP contribution is 2.17. The zero-order chi connectivity index (χ0) is 13.0. The first-order valence-electron chi connectivity index (χ1n) is 5.66. The van der Waals surface area contributed by atoms with Gasteiger partial charge in [0.25, 0.3) is 0 Å². The first kappa shape index (κ1) is 12.6. The Kier molecular flexibility index (Phi) is 3.94. The average molecular weight is 261 g/mol. The van der Waals surface area contributed by atoms with Gasteiger partial charge in [0.05, 0.1) is 6.54 Å². The van der Waals surface area contributed by atoms with Crippen molar-refractivity contribution in [2.75, 3.05) is 17.2 Å². The predicted molar refractivity (Wildman–Crippen MR) is 75.1 cm³/mol. The Morgan fingerprint density at radius 2 is 2.22 bits per heavy atom. The molecule has 18 heavy (non-hydrogen) atoms. The van der Waals surface area contributed by atoms with E-state index in [4.69, 9.17) is 0 Å². The van der Waals surface area contributed by atoms with Crippen LogP contribution in [0.2, 0.25) is 0 Å². The van der Waals surface area contributed by atoms with E-state index in [2.05, 4.69) is 15.6 Å². The molecule has 0 saturated heterocycles. The van der Waals surface area contributed by atoms with Gasteiger partial charge in [-0.3, -0.25) is 4.79 Å². The van der Waals surface area contributed by atoms with Crippen molar-refractivity contribution in [3.8, 4) is 0 Å². The molecule has 0 atom stereocenters. The number of nitrogens with zero attached hydrogens (tertiary/aromatic N) is 1. The molecular formula is C13H15N3OS. The second-order valence-corrected chi connectivity index (χ2v) is 4.88. The minimum Gasteiger partial charge on any atom is -0.352 e. The first-order valence-corrected chi connectivity index (χ1v) is 6.54. The van der Waals surface area contributed by atoms with Gasteiger partial charge < -0.3 is 10.6 Å². The summed E-state index contributed by atoms with van der Waals surface area (Å²) < 4.78 is 0. The van der Waals surface area contributed by atoms with Crippen LogP contribution < -0.4 is 10.6 Å². The van der Waals surface area contributed by atoms with E-state index in [-0.39, 0.29) is 12.5 Å². The molecule has 2 rings (SSSR count). The molecule has 0 bridgehead atoms. The molecule has 0 spiro atoms. The molecule has 4 nitrogen and oxygen atoms in total. The smallest absolute Gasteiger partial charge is 0.243 e. The molecule has 94 valence electrons. The number of carbonyl (C=O) groups excluding carboxylic acids is 1. The molecule has 0 aliphatic rings. The molecule has 0 saturated carbocycles. The largest absolute Gasteiger partial charge is 0.352 e. The van der Waals surface area contributed by atoms with Crippen molar-refractivity contribution >= 4 is 28.1 Å². The second-order valence-electron chi connectivity index (χ2n) is 3.99. The summed E-state index contributed by atoms with van der Waals surface area (Å²) in [5.41, 5.74) is 3.13. The fourth-order valence-electron chi connectivity index (χ4n) is 1.55. The summed E-state index contributed by atoms with van der Waals surface area (Å²) in [5.74, 6) is -0.0705. The number of rotatable bonds is 4. The van der Waals surface area contributed by atoms with E-state index in [1.165, 1.54) is 16.9 Å². The average Bonchev–Trinajstić information content (AvgIpc) is 2.86. The number of aromatic nitrogens is 1. The molecule has 0 aliphatic carbocycles. The second kappa shape index (κ2) is 5.64. The maximum atomic E-state index is 11.8.